The van der Waals surface area contributed by atoms with Gasteiger partial charge in [-0.05, 0) is 11.8 Å². The Morgan fingerprint density at radius 1 is 1.29 bits per heavy atom. The van der Waals surface area contributed by atoms with Gasteiger partial charge in [0.1, 0.15) is 0 Å². The monoisotopic (exact) mass is 244 g/mol. The molecule has 0 heterocycles. The van der Waals surface area contributed by atoms with E-state index < -0.39 is 6.10 Å². The fraction of sp³-hybridized carbons (Fsp3) is 0.846. The van der Waals surface area contributed by atoms with E-state index in [4.69, 9.17) is 9.47 Å². The molecule has 0 saturated heterocycles. The van der Waals surface area contributed by atoms with Crippen molar-refractivity contribution in [2.75, 3.05) is 13.7 Å². The van der Waals surface area contributed by atoms with E-state index in [-0.39, 0.29) is 23.7 Å². The maximum atomic E-state index is 11.9. The van der Waals surface area contributed by atoms with Gasteiger partial charge in [0.25, 0.3) is 0 Å². The highest BCUT2D eigenvalue weighted by Crippen LogP contribution is 2.19. The zero-order chi connectivity index (χ0) is 13.4. The molecule has 0 aromatic heterocycles. The Morgan fingerprint density at radius 2 is 1.88 bits per heavy atom. The number of rotatable bonds is 8. The highest BCUT2D eigenvalue weighted by atomic mass is 16.5. The second-order valence-corrected chi connectivity index (χ2v) is 4.73. The fourth-order valence-electron chi connectivity index (χ4n) is 1.47. The average Bonchev–Trinajstić information content (AvgIpc) is 2.31. The topological polar surface area (TPSA) is 52.6 Å². The largest absolute Gasteiger partial charge is 0.454 e. The lowest BCUT2D eigenvalue weighted by molar-refractivity contribution is -0.162. The molecule has 0 aliphatic carbocycles. The molecule has 0 rings (SSSR count). The third kappa shape index (κ3) is 5.31. The average molecular weight is 244 g/mol. The normalized spacial score (nSPS) is 16.4. The summed E-state index contributed by atoms with van der Waals surface area (Å²) in [6, 6.07) is 0. The van der Waals surface area contributed by atoms with Gasteiger partial charge in [0.15, 0.2) is 12.4 Å². The Bertz CT molecular complexity index is 238. The number of methoxy groups -OCH3 is 1. The molecule has 17 heavy (non-hydrogen) atoms. The van der Waals surface area contributed by atoms with Crippen molar-refractivity contribution in [1.82, 2.24) is 0 Å². The third-order valence-corrected chi connectivity index (χ3v) is 3.02. The van der Waals surface area contributed by atoms with E-state index in [1.54, 1.807) is 7.11 Å². The summed E-state index contributed by atoms with van der Waals surface area (Å²) in [7, 11) is 1.56. The zero-order valence-electron chi connectivity index (χ0n) is 11.4. The Morgan fingerprint density at radius 3 is 2.24 bits per heavy atom. The lowest BCUT2D eigenvalue weighted by Crippen LogP contribution is -2.33. The van der Waals surface area contributed by atoms with Crippen LogP contribution >= 0.6 is 0 Å². The van der Waals surface area contributed by atoms with Gasteiger partial charge in [0.2, 0.25) is 0 Å². The van der Waals surface area contributed by atoms with Crippen molar-refractivity contribution >= 4 is 12.3 Å². The fourth-order valence-corrected chi connectivity index (χ4v) is 1.47. The van der Waals surface area contributed by atoms with Crippen molar-refractivity contribution in [2.45, 2.75) is 40.2 Å². The summed E-state index contributed by atoms with van der Waals surface area (Å²) in [5.41, 5.74) is 0. The number of carbonyl (C=O) groups is 2. The predicted molar refractivity (Wildman–Crippen MR) is 65.6 cm³/mol. The maximum absolute atomic E-state index is 11.9. The molecule has 4 nitrogen and oxygen atoms in total. The number of carbonyl (C=O) groups excluding carboxylic acids is 2. The Kier molecular flexibility index (Phi) is 7.79. The van der Waals surface area contributed by atoms with Crippen LogP contribution in [0.15, 0.2) is 0 Å². The van der Waals surface area contributed by atoms with E-state index in [0.717, 1.165) is 6.42 Å². The van der Waals surface area contributed by atoms with Crippen molar-refractivity contribution in [2.24, 2.45) is 17.8 Å². The molecule has 4 heteroatoms. The SMILES string of the molecule is CCC(C)C(COC)C(=O)OC(C=O)C(C)C. The van der Waals surface area contributed by atoms with Crippen LogP contribution in [-0.4, -0.2) is 32.1 Å². The number of hydrogen-bond acceptors (Lipinski definition) is 4. The number of esters is 1. The van der Waals surface area contributed by atoms with E-state index >= 15 is 0 Å². The standard InChI is InChI=1S/C13H24O4/c1-6-10(4)11(8-16-5)13(15)17-12(7-14)9(2)3/h7,9-12H,6,8H2,1-5H3. The van der Waals surface area contributed by atoms with Gasteiger partial charge in [0.05, 0.1) is 12.5 Å². The zero-order valence-corrected chi connectivity index (χ0v) is 11.4. The first-order valence-electron chi connectivity index (χ1n) is 6.12. The molecule has 100 valence electrons. The van der Waals surface area contributed by atoms with Crippen LogP contribution < -0.4 is 0 Å². The highest BCUT2D eigenvalue weighted by molar-refractivity contribution is 5.75. The predicted octanol–water partition coefficient (Wildman–Crippen LogP) is 2.06. The first-order chi connectivity index (χ1) is 7.97. The van der Waals surface area contributed by atoms with Crippen LogP contribution in [0.1, 0.15) is 34.1 Å². The summed E-state index contributed by atoms with van der Waals surface area (Å²) < 4.78 is 10.2. The van der Waals surface area contributed by atoms with Crippen molar-refractivity contribution < 1.29 is 19.1 Å². The molecular weight excluding hydrogens is 220 g/mol. The van der Waals surface area contributed by atoms with Crippen LogP contribution in [0.3, 0.4) is 0 Å². The van der Waals surface area contributed by atoms with Gasteiger partial charge in [-0.3, -0.25) is 9.59 Å². The van der Waals surface area contributed by atoms with Gasteiger partial charge >= 0.3 is 5.97 Å². The maximum Gasteiger partial charge on any atom is 0.312 e. The van der Waals surface area contributed by atoms with Crippen molar-refractivity contribution in [1.29, 1.82) is 0 Å². The highest BCUT2D eigenvalue weighted by Gasteiger charge is 2.28. The third-order valence-electron chi connectivity index (χ3n) is 3.02. The van der Waals surface area contributed by atoms with Gasteiger partial charge in [-0.1, -0.05) is 34.1 Å². The molecule has 0 aliphatic heterocycles. The summed E-state index contributed by atoms with van der Waals surface area (Å²) >= 11 is 0. The molecule has 0 spiro atoms. The van der Waals surface area contributed by atoms with Gasteiger partial charge < -0.3 is 9.47 Å². The number of hydrogen-bond donors (Lipinski definition) is 0. The Hall–Kier alpha value is -0.900. The van der Waals surface area contributed by atoms with E-state index in [1.165, 1.54) is 0 Å². The van der Waals surface area contributed by atoms with Crippen LogP contribution in [0.5, 0.6) is 0 Å². The minimum Gasteiger partial charge on any atom is -0.454 e. The molecule has 0 aromatic carbocycles. The summed E-state index contributed by atoms with van der Waals surface area (Å²) in [6.45, 7) is 8.02. The minimum atomic E-state index is -0.661. The van der Waals surface area contributed by atoms with Gasteiger partial charge in [-0.2, -0.15) is 0 Å². The Labute approximate surface area is 104 Å². The smallest absolute Gasteiger partial charge is 0.312 e. The van der Waals surface area contributed by atoms with E-state index in [2.05, 4.69) is 0 Å². The molecular formula is C13H24O4. The molecule has 0 radical (unpaired) electrons. The van der Waals surface area contributed by atoms with Crippen LogP contribution in [-0.2, 0) is 19.1 Å². The van der Waals surface area contributed by atoms with Gasteiger partial charge in [0, 0.05) is 7.11 Å². The second kappa shape index (κ2) is 8.23. The molecule has 0 amide bonds. The van der Waals surface area contributed by atoms with E-state index in [9.17, 15) is 9.59 Å². The summed E-state index contributed by atoms with van der Waals surface area (Å²) in [5.74, 6) is -0.461. The van der Waals surface area contributed by atoms with Crippen LogP contribution in [0.2, 0.25) is 0 Å². The minimum absolute atomic E-state index is 0.00317. The Balaban J connectivity index is 4.55. The molecule has 0 fully saturated rings. The molecule has 3 unspecified atom stereocenters. The van der Waals surface area contributed by atoms with Crippen molar-refractivity contribution in [3.8, 4) is 0 Å². The quantitative estimate of drug-likeness (QED) is 0.484. The van der Waals surface area contributed by atoms with Crippen LogP contribution in [0, 0.1) is 17.8 Å². The summed E-state index contributed by atoms with van der Waals surface area (Å²) in [4.78, 5) is 22.7. The summed E-state index contributed by atoms with van der Waals surface area (Å²) in [5, 5.41) is 0. The lowest BCUT2D eigenvalue weighted by atomic mass is 9.92. The molecule has 0 N–H and O–H groups in total. The van der Waals surface area contributed by atoms with Crippen molar-refractivity contribution in [3.63, 3.8) is 0 Å². The second-order valence-electron chi connectivity index (χ2n) is 4.73. The van der Waals surface area contributed by atoms with E-state index in [0.29, 0.717) is 12.9 Å². The first-order valence-corrected chi connectivity index (χ1v) is 6.12. The van der Waals surface area contributed by atoms with E-state index in [1.807, 2.05) is 27.7 Å². The lowest BCUT2D eigenvalue weighted by Gasteiger charge is -2.23. The van der Waals surface area contributed by atoms with Gasteiger partial charge in [-0.25, -0.2) is 0 Å². The molecule has 0 aromatic rings. The van der Waals surface area contributed by atoms with Crippen LogP contribution in [0.4, 0.5) is 0 Å². The van der Waals surface area contributed by atoms with Crippen molar-refractivity contribution in [3.05, 3.63) is 0 Å². The first kappa shape index (κ1) is 16.1. The molecule has 3 atom stereocenters. The summed E-state index contributed by atoms with van der Waals surface area (Å²) in [6.07, 6.45) is 0.894. The molecule has 0 saturated carbocycles. The number of aldehydes is 1. The molecule has 0 aliphatic rings. The molecule has 0 bridgehead atoms. The van der Waals surface area contributed by atoms with Gasteiger partial charge in [-0.15, -0.1) is 0 Å². The van der Waals surface area contributed by atoms with Crippen LogP contribution in [0.25, 0.3) is 0 Å². The number of ether oxygens (including phenoxy) is 2.